The van der Waals surface area contributed by atoms with E-state index in [2.05, 4.69) is 10.3 Å². The third-order valence-corrected chi connectivity index (χ3v) is 1.53. The van der Waals surface area contributed by atoms with Crippen LogP contribution in [0.4, 0.5) is 0 Å². The summed E-state index contributed by atoms with van der Waals surface area (Å²) in [7, 11) is 5.68. The number of hydrogen-bond donors (Lipinski definition) is 1. The molecule has 0 rings (SSSR count). The van der Waals surface area contributed by atoms with E-state index in [0.29, 0.717) is 0 Å². The van der Waals surface area contributed by atoms with Crippen LogP contribution >= 0.6 is 11.8 Å². The van der Waals surface area contributed by atoms with E-state index in [1.165, 1.54) is 0 Å². The molecule has 0 aromatic carbocycles. The quantitative estimate of drug-likeness (QED) is 0.338. The van der Waals surface area contributed by atoms with Crippen molar-refractivity contribution >= 4 is 23.3 Å². The molecule has 10 heavy (non-hydrogen) atoms. The fraction of sp³-hybridized carbons (Fsp3) is 0.667. The molecule has 0 saturated heterocycles. The first-order valence-electron chi connectivity index (χ1n) is 2.97. The normalized spacial score (nSPS) is 11.0. The summed E-state index contributed by atoms with van der Waals surface area (Å²) in [4.78, 5) is 3.99. The van der Waals surface area contributed by atoms with Crippen LogP contribution in [0.3, 0.4) is 0 Å². The average molecular weight is 160 g/mol. The highest BCUT2D eigenvalue weighted by molar-refractivity contribution is 8.13. The van der Waals surface area contributed by atoms with E-state index in [9.17, 15) is 0 Å². The first-order valence-corrected chi connectivity index (χ1v) is 4.20. The van der Waals surface area contributed by atoms with Gasteiger partial charge >= 0.3 is 0 Å². The van der Waals surface area contributed by atoms with Gasteiger partial charge in [0.1, 0.15) is 0 Å². The predicted octanol–water partition coefficient (Wildman–Crippen LogP) is 0.225. The molecule has 1 N–H and O–H groups in total. The number of thioether (sulfide) groups is 1. The average Bonchev–Trinajstić information content (AvgIpc) is 1.90. The summed E-state index contributed by atoms with van der Waals surface area (Å²) in [5.41, 5.74) is 0. The minimum Gasteiger partial charge on any atom is -0.273 e. The second-order valence-corrected chi connectivity index (χ2v) is 2.76. The first-order chi connectivity index (χ1) is 4.70. The van der Waals surface area contributed by atoms with Crippen LogP contribution in [0.5, 0.6) is 0 Å². The van der Waals surface area contributed by atoms with Crippen LogP contribution < -0.4 is 5.32 Å². The van der Waals surface area contributed by atoms with Gasteiger partial charge in [-0.05, 0) is 6.26 Å². The van der Waals surface area contributed by atoms with Gasteiger partial charge in [0.2, 0.25) is 11.5 Å². The SMILES string of the molecule is CN=C(NC=[N+](C)C)SC. The number of nitrogens with zero attached hydrogens (tertiary/aromatic N) is 2. The number of rotatable bonds is 1. The Kier molecular flexibility index (Phi) is 5.02. The minimum atomic E-state index is 0.925. The molecule has 0 aliphatic carbocycles. The zero-order chi connectivity index (χ0) is 7.98. The standard InChI is InChI=1S/C6H13N3S/c1-7-6(10-4)8-5-9(2)3/h5H,1-4H3/p+1. The van der Waals surface area contributed by atoms with Crippen LogP contribution in [0.15, 0.2) is 4.99 Å². The van der Waals surface area contributed by atoms with Crippen LogP contribution in [0, 0.1) is 0 Å². The van der Waals surface area contributed by atoms with Gasteiger partial charge in [0, 0.05) is 7.05 Å². The molecule has 0 unspecified atom stereocenters. The molecule has 4 heteroatoms. The third kappa shape index (κ3) is 4.38. The lowest BCUT2D eigenvalue weighted by Gasteiger charge is -1.93. The van der Waals surface area contributed by atoms with Crippen molar-refractivity contribution in [2.45, 2.75) is 0 Å². The van der Waals surface area contributed by atoms with E-state index in [1.54, 1.807) is 18.8 Å². The molecule has 0 heterocycles. The van der Waals surface area contributed by atoms with E-state index < -0.39 is 0 Å². The molecule has 0 aliphatic rings. The lowest BCUT2D eigenvalue weighted by atomic mass is 11.0. The number of aliphatic imine (C=N–C) groups is 1. The molecule has 0 radical (unpaired) electrons. The molecule has 0 atom stereocenters. The van der Waals surface area contributed by atoms with E-state index in [1.807, 2.05) is 31.3 Å². The summed E-state index contributed by atoms with van der Waals surface area (Å²) in [6.45, 7) is 0. The summed E-state index contributed by atoms with van der Waals surface area (Å²) in [5, 5.41) is 3.96. The summed E-state index contributed by atoms with van der Waals surface area (Å²) < 4.78 is 1.93. The van der Waals surface area contributed by atoms with Crippen molar-refractivity contribution in [3.63, 3.8) is 0 Å². The Labute approximate surface area is 66.2 Å². The fourth-order valence-corrected chi connectivity index (χ4v) is 0.752. The van der Waals surface area contributed by atoms with Gasteiger partial charge in [-0.25, -0.2) is 10.3 Å². The maximum Gasteiger partial charge on any atom is 0.249 e. The molecular weight excluding hydrogens is 146 g/mol. The summed E-state index contributed by atoms with van der Waals surface area (Å²) in [6.07, 6.45) is 3.84. The maximum atomic E-state index is 3.99. The van der Waals surface area contributed by atoms with Gasteiger partial charge in [0.15, 0.2) is 0 Å². The Bertz CT molecular complexity index is 147. The molecule has 0 aliphatic heterocycles. The van der Waals surface area contributed by atoms with E-state index in [-0.39, 0.29) is 0 Å². The van der Waals surface area contributed by atoms with Gasteiger partial charge in [-0.15, -0.1) is 0 Å². The van der Waals surface area contributed by atoms with Crippen LogP contribution in [0.1, 0.15) is 0 Å². The topological polar surface area (TPSA) is 27.4 Å². The van der Waals surface area contributed by atoms with Crippen LogP contribution in [0.25, 0.3) is 0 Å². The van der Waals surface area contributed by atoms with Crippen LogP contribution in [-0.2, 0) is 0 Å². The fourth-order valence-electron chi connectivity index (χ4n) is 0.399. The van der Waals surface area contributed by atoms with Crippen molar-refractivity contribution in [1.29, 1.82) is 0 Å². The second-order valence-electron chi connectivity index (χ2n) is 1.97. The molecule has 0 aromatic rings. The van der Waals surface area contributed by atoms with Crippen molar-refractivity contribution in [2.24, 2.45) is 4.99 Å². The zero-order valence-corrected chi connectivity index (χ0v) is 7.70. The van der Waals surface area contributed by atoms with Gasteiger partial charge < -0.3 is 0 Å². The molecule has 0 spiro atoms. The molecule has 0 amide bonds. The van der Waals surface area contributed by atoms with Gasteiger partial charge in [-0.2, -0.15) is 0 Å². The summed E-state index contributed by atoms with van der Waals surface area (Å²) in [6, 6.07) is 0. The molecule has 3 nitrogen and oxygen atoms in total. The number of nitrogens with one attached hydrogen (secondary N) is 1. The summed E-state index contributed by atoms with van der Waals surface area (Å²) >= 11 is 1.59. The van der Waals surface area contributed by atoms with Crippen molar-refractivity contribution in [3.05, 3.63) is 0 Å². The first kappa shape index (κ1) is 9.49. The smallest absolute Gasteiger partial charge is 0.249 e. The van der Waals surface area contributed by atoms with Crippen molar-refractivity contribution in [2.75, 3.05) is 27.4 Å². The highest BCUT2D eigenvalue weighted by Gasteiger charge is 1.95. The Hall–Kier alpha value is -0.510. The van der Waals surface area contributed by atoms with Crippen molar-refractivity contribution < 1.29 is 4.58 Å². The number of hydrogen-bond acceptors (Lipinski definition) is 2. The van der Waals surface area contributed by atoms with Gasteiger partial charge in [-0.1, -0.05) is 11.8 Å². The lowest BCUT2D eigenvalue weighted by Crippen LogP contribution is -2.22. The third-order valence-electron chi connectivity index (χ3n) is 0.843. The van der Waals surface area contributed by atoms with Gasteiger partial charge in [0.05, 0.1) is 14.1 Å². The zero-order valence-electron chi connectivity index (χ0n) is 6.88. The van der Waals surface area contributed by atoms with E-state index >= 15 is 0 Å². The Morgan fingerprint density at radius 1 is 1.60 bits per heavy atom. The van der Waals surface area contributed by atoms with Crippen molar-refractivity contribution in [1.82, 2.24) is 5.32 Å². The van der Waals surface area contributed by atoms with Crippen LogP contribution in [-0.4, -0.2) is 43.5 Å². The molecule has 0 bridgehead atoms. The van der Waals surface area contributed by atoms with Crippen LogP contribution in [0.2, 0.25) is 0 Å². The van der Waals surface area contributed by atoms with Crippen molar-refractivity contribution in [3.8, 4) is 0 Å². The Balaban J connectivity index is 3.78. The largest absolute Gasteiger partial charge is 0.273 e. The molecule has 58 valence electrons. The molecule has 0 fully saturated rings. The highest BCUT2D eigenvalue weighted by atomic mass is 32.2. The molecule has 0 saturated carbocycles. The Morgan fingerprint density at radius 3 is 2.50 bits per heavy atom. The Morgan fingerprint density at radius 2 is 2.20 bits per heavy atom. The lowest BCUT2D eigenvalue weighted by molar-refractivity contribution is -0.460. The summed E-state index contributed by atoms with van der Waals surface area (Å²) in [5.74, 6) is 0. The predicted molar refractivity (Wildman–Crippen MR) is 48.2 cm³/mol. The second kappa shape index (κ2) is 5.29. The molecular formula is C6H14N3S+. The van der Waals surface area contributed by atoms with E-state index in [0.717, 1.165) is 5.17 Å². The molecule has 0 aromatic heterocycles. The monoisotopic (exact) mass is 160 g/mol. The van der Waals surface area contributed by atoms with Gasteiger partial charge in [0.25, 0.3) is 0 Å². The minimum absolute atomic E-state index is 0.925. The van der Waals surface area contributed by atoms with Gasteiger partial charge in [-0.3, -0.25) is 4.58 Å². The maximum absolute atomic E-state index is 3.99. The highest BCUT2D eigenvalue weighted by Crippen LogP contribution is 1.90. The number of amidine groups is 1. The van der Waals surface area contributed by atoms with E-state index in [4.69, 9.17) is 0 Å².